The number of amides is 1. The second kappa shape index (κ2) is 5.36. The molecule has 0 aliphatic carbocycles. The lowest BCUT2D eigenvalue weighted by Gasteiger charge is -2.07. The van der Waals surface area contributed by atoms with Crippen LogP contribution in [-0.4, -0.2) is 10.5 Å². The molecule has 0 aliphatic rings. The van der Waals surface area contributed by atoms with Gasteiger partial charge in [0.25, 0.3) is 0 Å². The van der Waals surface area contributed by atoms with Crippen LogP contribution in [0.5, 0.6) is 0 Å². The van der Waals surface area contributed by atoms with E-state index in [1.165, 1.54) is 36.4 Å². The molecule has 0 atom stereocenters. The van der Waals surface area contributed by atoms with Gasteiger partial charge >= 0.3 is 0 Å². The topological polar surface area (TPSA) is 34.0 Å². The maximum atomic E-state index is 13.3. The monoisotopic (exact) mass is 286 g/mol. The number of benzene rings is 2. The van der Waals surface area contributed by atoms with Gasteiger partial charge in [0.05, 0.1) is 5.52 Å². The van der Waals surface area contributed by atoms with E-state index in [9.17, 15) is 13.6 Å². The van der Waals surface area contributed by atoms with E-state index < -0.39 is 0 Å². The third kappa shape index (κ3) is 2.91. The molecule has 3 rings (SSSR count). The Labute approximate surface area is 119 Å². The number of carbonyl (C=O) groups excluding carboxylic acids is 1. The maximum Gasteiger partial charge on any atom is 0.244 e. The molecule has 0 saturated heterocycles. The summed E-state index contributed by atoms with van der Waals surface area (Å²) in [5, 5.41) is 3.53. The lowest BCUT2D eigenvalue weighted by Crippen LogP contribution is -2.18. The molecular weight excluding hydrogens is 274 g/mol. The number of aromatic nitrogens is 1. The van der Waals surface area contributed by atoms with Gasteiger partial charge in [0, 0.05) is 11.9 Å². The largest absolute Gasteiger partial charge is 0.338 e. The van der Waals surface area contributed by atoms with Gasteiger partial charge in [0.1, 0.15) is 18.2 Å². The van der Waals surface area contributed by atoms with Crippen LogP contribution in [0.15, 0.2) is 54.7 Å². The standard InChI is InChI=1S/C16H12F2N2O/c17-12-3-5-14(6-4-12)19-16(21)10-20-8-7-11-1-2-13(18)9-15(11)20/h1-9H,10H2,(H,19,21). The van der Waals surface area contributed by atoms with E-state index in [1.807, 2.05) is 6.07 Å². The van der Waals surface area contributed by atoms with Gasteiger partial charge in [-0.2, -0.15) is 0 Å². The van der Waals surface area contributed by atoms with Gasteiger partial charge in [0.15, 0.2) is 0 Å². The first-order chi connectivity index (χ1) is 10.1. The zero-order valence-electron chi connectivity index (χ0n) is 11.0. The number of rotatable bonds is 3. The van der Waals surface area contributed by atoms with E-state index in [2.05, 4.69) is 5.32 Å². The zero-order valence-corrected chi connectivity index (χ0v) is 11.0. The number of nitrogens with zero attached hydrogens (tertiary/aromatic N) is 1. The van der Waals surface area contributed by atoms with Crippen molar-refractivity contribution in [3.63, 3.8) is 0 Å². The summed E-state index contributed by atoms with van der Waals surface area (Å²) in [5.41, 5.74) is 1.17. The van der Waals surface area contributed by atoms with Crippen LogP contribution in [0.2, 0.25) is 0 Å². The molecule has 0 fully saturated rings. The summed E-state index contributed by atoms with van der Waals surface area (Å²) in [4.78, 5) is 12.0. The van der Waals surface area contributed by atoms with Gasteiger partial charge in [-0.25, -0.2) is 8.78 Å². The fraction of sp³-hybridized carbons (Fsp3) is 0.0625. The molecule has 1 amide bonds. The number of fused-ring (bicyclic) bond motifs is 1. The summed E-state index contributed by atoms with van der Waals surface area (Å²) in [7, 11) is 0. The second-order valence-corrected chi connectivity index (χ2v) is 4.70. The fourth-order valence-electron chi connectivity index (χ4n) is 2.18. The third-order valence-electron chi connectivity index (χ3n) is 3.18. The molecule has 1 heterocycles. The van der Waals surface area contributed by atoms with Crippen molar-refractivity contribution in [1.29, 1.82) is 0 Å². The van der Waals surface area contributed by atoms with Crippen LogP contribution in [0, 0.1) is 11.6 Å². The summed E-state index contributed by atoms with van der Waals surface area (Å²) >= 11 is 0. The Balaban J connectivity index is 1.77. The molecule has 0 saturated carbocycles. The zero-order chi connectivity index (χ0) is 14.8. The molecule has 0 bridgehead atoms. The second-order valence-electron chi connectivity index (χ2n) is 4.70. The number of carbonyl (C=O) groups is 1. The van der Waals surface area contributed by atoms with Gasteiger partial charge in [0.2, 0.25) is 5.91 Å². The van der Waals surface area contributed by atoms with Crippen molar-refractivity contribution in [2.45, 2.75) is 6.54 Å². The van der Waals surface area contributed by atoms with Crippen LogP contribution in [0.1, 0.15) is 0 Å². The Morgan fingerprint density at radius 3 is 2.48 bits per heavy atom. The Bertz CT molecular complexity index is 794. The van der Waals surface area contributed by atoms with Crippen LogP contribution in [-0.2, 0) is 11.3 Å². The molecule has 0 spiro atoms. The number of hydrogen-bond acceptors (Lipinski definition) is 1. The van der Waals surface area contributed by atoms with Crippen molar-refractivity contribution in [2.24, 2.45) is 0 Å². The Kier molecular flexibility index (Phi) is 3.39. The molecular formula is C16H12F2N2O. The molecule has 0 aliphatic heterocycles. The normalized spacial score (nSPS) is 10.8. The van der Waals surface area contributed by atoms with E-state index in [1.54, 1.807) is 16.8 Å². The number of halogens is 2. The first kappa shape index (κ1) is 13.3. The Hall–Kier alpha value is -2.69. The van der Waals surface area contributed by atoms with Crippen LogP contribution in [0.3, 0.4) is 0 Å². The molecule has 2 aromatic carbocycles. The number of anilines is 1. The van der Waals surface area contributed by atoms with Crippen molar-refractivity contribution in [1.82, 2.24) is 4.57 Å². The summed E-state index contributed by atoms with van der Waals surface area (Å²) in [6, 6.07) is 11.8. The van der Waals surface area contributed by atoms with Crippen molar-refractivity contribution in [3.05, 3.63) is 66.4 Å². The molecule has 1 aromatic heterocycles. The Morgan fingerprint density at radius 2 is 1.71 bits per heavy atom. The molecule has 5 heteroatoms. The minimum Gasteiger partial charge on any atom is -0.338 e. The molecule has 3 nitrogen and oxygen atoms in total. The quantitative estimate of drug-likeness (QED) is 0.785. The van der Waals surface area contributed by atoms with E-state index in [0.29, 0.717) is 11.2 Å². The SMILES string of the molecule is O=C(Cn1ccc2ccc(F)cc21)Nc1ccc(F)cc1. The first-order valence-electron chi connectivity index (χ1n) is 6.42. The van der Waals surface area contributed by atoms with Gasteiger partial charge in [-0.05, 0) is 53.9 Å². The van der Waals surface area contributed by atoms with Crippen molar-refractivity contribution in [3.8, 4) is 0 Å². The van der Waals surface area contributed by atoms with Crippen molar-refractivity contribution < 1.29 is 13.6 Å². The summed E-state index contributed by atoms with van der Waals surface area (Å²) in [6.07, 6.45) is 1.73. The lowest BCUT2D eigenvalue weighted by molar-refractivity contribution is -0.116. The van der Waals surface area contributed by atoms with Crippen molar-refractivity contribution in [2.75, 3.05) is 5.32 Å². The highest BCUT2D eigenvalue weighted by Crippen LogP contribution is 2.17. The maximum absolute atomic E-state index is 13.3. The number of hydrogen-bond donors (Lipinski definition) is 1. The molecule has 3 aromatic rings. The average molecular weight is 286 g/mol. The fourth-order valence-corrected chi connectivity index (χ4v) is 2.18. The predicted octanol–water partition coefficient (Wildman–Crippen LogP) is 3.56. The number of nitrogens with one attached hydrogen (secondary N) is 1. The summed E-state index contributed by atoms with van der Waals surface area (Å²) in [5.74, 6) is -0.968. The highest BCUT2D eigenvalue weighted by atomic mass is 19.1. The van der Waals surface area contributed by atoms with E-state index >= 15 is 0 Å². The van der Waals surface area contributed by atoms with E-state index in [-0.39, 0.29) is 24.1 Å². The average Bonchev–Trinajstić information content (AvgIpc) is 2.84. The molecule has 106 valence electrons. The summed E-state index contributed by atoms with van der Waals surface area (Å²) in [6.45, 7) is 0.0599. The molecule has 21 heavy (non-hydrogen) atoms. The smallest absolute Gasteiger partial charge is 0.244 e. The lowest BCUT2D eigenvalue weighted by atomic mass is 10.2. The Morgan fingerprint density at radius 1 is 1.00 bits per heavy atom. The predicted molar refractivity (Wildman–Crippen MR) is 76.9 cm³/mol. The van der Waals surface area contributed by atoms with Gasteiger partial charge in [-0.3, -0.25) is 4.79 Å². The highest BCUT2D eigenvalue weighted by Gasteiger charge is 2.07. The van der Waals surface area contributed by atoms with Crippen LogP contribution < -0.4 is 5.32 Å². The van der Waals surface area contributed by atoms with Crippen LogP contribution >= 0.6 is 0 Å². The van der Waals surface area contributed by atoms with Crippen molar-refractivity contribution >= 4 is 22.5 Å². The first-order valence-corrected chi connectivity index (χ1v) is 6.42. The minimum absolute atomic E-state index is 0.0599. The summed E-state index contributed by atoms with van der Waals surface area (Å²) < 4.78 is 27.7. The van der Waals surface area contributed by atoms with Gasteiger partial charge in [-0.15, -0.1) is 0 Å². The molecule has 1 N–H and O–H groups in total. The van der Waals surface area contributed by atoms with Crippen LogP contribution in [0.4, 0.5) is 14.5 Å². The third-order valence-corrected chi connectivity index (χ3v) is 3.18. The highest BCUT2D eigenvalue weighted by molar-refractivity contribution is 5.92. The van der Waals surface area contributed by atoms with Crippen LogP contribution in [0.25, 0.3) is 10.9 Å². The molecule has 0 unspecified atom stereocenters. The van der Waals surface area contributed by atoms with E-state index in [4.69, 9.17) is 0 Å². The van der Waals surface area contributed by atoms with E-state index in [0.717, 1.165) is 5.39 Å². The van der Waals surface area contributed by atoms with Gasteiger partial charge < -0.3 is 9.88 Å². The molecule has 0 radical (unpaired) electrons. The minimum atomic E-state index is -0.361. The van der Waals surface area contributed by atoms with Gasteiger partial charge in [-0.1, -0.05) is 0 Å².